The first kappa shape index (κ1) is 36.3. The van der Waals surface area contributed by atoms with E-state index in [9.17, 15) is 40.5 Å². The maximum atomic E-state index is 12.7. The van der Waals surface area contributed by atoms with Gasteiger partial charge in [-0.15, -0.1) is 0 Å². The molecule has 1 aliphatic carbocycles. The number of nitrogens with two attached hydrogens (primary N) is 4. The molecule has 3 fully saturated rings. The molecule has 252 valence electrons. The smallest absolute Gasteiger partial charge is 0.249 e. The Hall–Kier alpha value is -1.17. The second-order valence-electron chi connectivity index (χ2n) is 11.5. The van der Waals surface area contributed by atoms with Crippen LogP contribution < -0.4 is 33.6 Å². The lowest BCUT2D eigenvalue weighted by Gasteiger charge is -2.52. The van der Waals surface area contributed by atoms with Crippen LogP contribution in [-0.2, 0) is 19.0 Å². The van der Waals surface area contributed by atoms with Crippen LogP contribution in [0.2, 0.25) is 0 Å². The maximum absolute atomic E-state index is 12.7. The third-order valence-electron chi connectivity index (χ3n) is 8.52. The van der Waals surface area contributed by atoms with Crippen molar-refractivity contribution in [3.63, 3.8) is 0 Å². The van der Waals surface area contributed by atoms with Crippen molar-refractivity contribution in [1.29, 1.82) is 0 Å². The number of hydrogen-bond acceptors (Lipinski definition) is 17. The summed E-state index contributed by atoms with van der Waals surface area (Å²) >= 11 is 0. The fourth-order valence-corrected chi connectivity index (χ4v) is 5.98. The number of rotatable bonds is 13. The van der Waals surface area contributed by atoms with E-state index in [4.69, 9.17) is 42.3 Å². The minimum absolute atomic E-state index is 0.0232. The van der Waals surface area contributed by atoms with Gasteiger partial charge >= 0.3 is 0 Å². The Bertz CT molecular complexity index is 866. The highest BCUT2D eigenvalue weighted by Gasteiger charge is 2.55. The molecule has 0 spiro atoms. The van der Waals surface area contributed by atoms with Gasteiger partial charge in [-0.2, -0.15) is 0 Å². The molecule has 2 heterocycles. The Morgan fingerprint density at radius 3 is 2.26 bits per heavy atom. The zero-order valence-corrected chi connectivity index (χ0v) is 23.9. The van der Waals surface area contributed by atoms with Gasteiger partial charge in [0.05, 0.1) is 43.0 Å². The second kappa shape index (κ2) is 16.4. The van der Waals surface area contributed by atoms with E-state index in [0.717, 1.165) is 0 Å². The molecule has 1 amide bonds. The molecule has 3 aliphatic rings. The van der Waals surface area contributed by atoms with Crippen LogP contribution in [0, 0.1) is 5.92 Å². The molecule has 43 heavy (non-hydrogen) atoms. The minimum atomic E-state index is -1.61. The van der Waals surface area contributed by atoms with Crippen LogP contribution in [-0.4, -0.2) is 171 Å². The number of hydrogen-bond donors (Lipinski definition) is 14. The highest BCUT2D eigenvalue weighted by molar-refractivity contribution is 5.80. The van der Waals surface area contributed by atoms with Gasteiger partial charge in [-0.05, 0) is 32.4 Å². The Morgan fingerprint density at radius 2 is 1.63 bits per heavy atom. The highest BCUT2D eigenvalue weighted by atomic mass is 16.7. The molecule has 16 unspecified atom stereocenters. The molecule has 18 heteroatoms. The fourth-order valence-electron chi connectivity index (χ4n) is 5.98. The summed E-state index contributed by atoms with van der Waals surface area (Å²) < 4.78 is 17.6. The Morgan fingerprint density at radius 1 is 0.930 bits per heavy atom. The molecule has 0 aromatic heterocycles. The lowest BCUT2D eigenvalue weighted by Crippen LogP contribution is -2.72. The Kier molecular flexibility index (Phi) is 13.9. The zero-order chi connectivity index (χ0) is 32.0. The van der Waals surface area contributed by atoms with Gasteiger partial charge in [-0.1, -0.05) is 0 Å². The predicted octanol–water partition coefficient (Wildman–Crippen LogP) is -8.17. The molecular formula is C25H50N6O12. The molecule has 1 saturated carbocycles. The summed E-state index contributed by atoms with van der Waals surface area (Å²) in [4.78, 5) is 12.7. The number of aliphatic hydroxyl groups excluding tert-OH is 8. The summed E-state index contributed by atoms with van der Waals surface area (Å²) in [5, 5.41) is 88.4. The van der Waals surface area contributed by atoms with Crippen molar-refractivity contribution in [3.05, 3.63) is 0 Å². The quantitative estimate of drug-likeness (QED) is 0.0843. The van der Waals surface area contributed by atoms with Gasteiger partial charge in [-0.3, -0.25) is 4.79 Å². The van der Waals surface area contributed by atoms with Crippen LogP contribution in [0.25, 0.3) is 0 Å². The van der Waals surface area contributed by atoms with E-state index >= 15 is 0 Å². The number of carbonyl (C=O) groups is 1. The SMILES string of the molecule is NCCC(O)C(=O)NC1CC(N)C(C2OC(CNCCCO)C(O)C(O)C2N)C(O)C1OC1OC(CO)C(O)C(N)C1O. The molecule has 0 radical (unpaired) electrons. The van der Waals surface area contributed by atoms with Crippen molar-refractivity contribution in [1.82, 2.24) is 10.6 Å². The number of amides is 1. The topological polar surface area (TPSA) is 335 Å². The van der Waals surface area contributed by atoms with Crippen LogP contribution in [0.5, 0.6) is 0 Å². The van der Waals surface area contributed by atoms with Crippen LogP contribution in [0.1, 0.15) is 19.3 Å². The normalized spacial score (nSPS) is 44.6. The van der Waals surface area contributed by atoms with Crippen molar-refractivity contribution in [2.75, 3.05) is 32.8 Å². The van der Waals surface area contributed by atoms with Crippen LogP contribution >= 0.6 is 0 Å². The maximum Gasteiger partial charge on any atom is 0.249 e. The molecule has 0 aromatic carbocycles. The summed E-state index contributed by atoms with van der Waals surface area (Å²) in [5.41, 5.74) is 24.1. The van der Waals surface area contributed by atoms with E-state index in [1.54, 1.807) is 0 Å². The number of nitrogens with one attached hydrogen (secondary N) is 2. The highest BCUT2D eigenvalue weighted by Crippen LogP contribution is 2.37. The van der Waals surface area contributed by atoms with Crippen molar-refractivity contribution in [2.24, 2.45) is 28.9 Å². The summed E-state index contributed by atoms with van der Waals surface area (Å²) in [7, 11) is 0. The molecule has 2 aliphatic heterocycles. The van der Waals surface area contributed by atoms with Gasteiger partial charge in [0.15, 0.2) is 6.29 Å². The van der Waals surface area contributed by atoms with Crippen LogP contribution in [0.4, 0.5) is 0 Å². The molecule has 16 atom stereocenters. The van der Waals surface area contributed by atoms with E-state index < -0.39 is 110 Å². The molecule has 2 saturated heterocycles. The summed E-state index contributed by atoms with van der Waals surface area (Å²) in [6.45, 7) is -0.196. The van der Waals surface area contributed by atoms with E-state index in [1.807, 2.05) is 0 Å². The first-order valence-corrected chi connectivity index (χ1v) is 14.6. The van der Waals surface area contributed by atoms with Gasteiger partial charge in [0, 0.05) is 25.1 Å². The number of carbonyl (C=O) groups excluding carboxylic acids is 1. The van der Waals surface area contributed by atoms with Crippen molar-refractivity contribution < 1.29 is 59.9 Å². The Labute approximate surface area is 249 Å². The molecule has 3 rings (SSSR count). The standard InChI is InChI=1S/C25H50N6O12/c26-3-2-11(34)24(40)31-10-6-9(27)14(23-16(29)20(38)18(36)12(41-23)7-30-4-1-5-32)19(37)22(10)43-25-21(39)15(28)17(35)13(8-33)42-25/h9-23,25,30,32-39H,1-8,26-29H2,(H,31,40). The summed E-state index contributed by atoms with van der Waals surface area (Å²) in [5.74, 6) is -1.86. The minimum Gasteiger partial charge on any atom is -0.396 e. The lowest BCUT2D eigenvalue weighted by molar-refractivity contribution is -0.307. The third kappa shape index (κ3) is 8.36. The summed E-state index contributed by atoms with van der Waals surface area (Å²) in [6.07, 6.45) is -14.9. The Balaban J connectivity index is 1.88. The lowest BCUT2D eigenvalue weighted by atomic mass is 9.71. The average molecular weight is 627 g/mol. The second-order valence-corrected chi connectivity index (χ2v) is 11.5. The van der Waals surface area contributed by atoms with Crippen molar-refractivity contribution in [3.8, 4) is 0 Å². The first-order chi connectivity index (χ1) is 20.4. The van der Waals surface area contributed by atoms with E-state index in [-0.39, 0.29) is 32.5 Å². The van der Waals surface area contributed by atoms with Gasteiger partial charge in [0.1, 0.15) is 42.7 Å². The number of ether oxygens (including phenoxy) is 3. The fraction of sp³-hybridized carbons (Fsp3) is 0.960. The van der Waals surface area contributed by atoms with Crippen LogP contribution in [0.3, 0.4) is 0 Å². The van der Waals surface area contributed by atoms with Crippen molar-refractivity contribution >= 4 is 5.91 Å². The van der Waals surface area contributed by atoms with Gasteiger partial charge in [0.25, 0.3) is 0 Å². The largest absolute Gasteiger partial charge is 0.396 e. The van der Waals surface area contributed by atoms with Crippen LogP contribution in [0.15, 0.2) is 0 Å². The van der Waals surface area contributed by atoms with E-state index in [1.165, 1.54) is 0 Å². The van der Waals surface area contributed by atoms with Gasteiger partial charge in [-0.25, -0.2) is 0 Å². The zero-order valence-electron chi connectivity index (χ0n) is 23.9. The molecule has 18 N–H and O–H groups in total. The molecule has 18 nitrogen and oxygen atoms in total. The first-order valence-electron chi connectivity index (χ1n) is 14.6. The summed E-state index contributed by atoms with van der Waals surface area (Å²) in [6, 6.07) is -4.47. The molecule has 0 bridgehead atoms. The van der Waals surface area contributed by atoms with Crippen molar-refractivity contribution in [2.45, 2.75) is 111 Å². The predicted molar refractivity (Wildman–Crippen MR) is 148 cm³/mol. The van der Waals surface area contributed by atoms with E-state index in [2.05, 4.69) is 10.6 Å². The van der Waals surface area contributed by atoms with Gasteiger partial charge in [0.2, 0.25) is 5.91 Å². The molecule has 0 aromatic rings. The van der Waals surface area contributed by atoms with E-state index in [0.29, 0.717) is 13.0 Å². The third-order valence-corrected chi connectivity index (χ3v) is 8.52. The van der Waals surface area contributed by atoms with Gasteiger partial charge < -0.3 is 88.6 Å². The average Bonchev–Trinajstić information content (AvgIpc) is 2.97. The monoisotopic (exact) mass is 626 g/mol. The molecular weight excluding hydrogens is 576 g/mol. The number of aliphatic hydroxyl groups is 8.